The molecule has 0 bridgehead atoms. The molecule has 0 saturated heterocycles. The number of alkyl halides is 3. The Balaban J connectivity index is 2.71. The summed E-state index contributed by atoms with van der Waals surface area (Å²) in [7, 11) is 0. The van der Waals surface area contributed by atoms with Gasteiger partial charge in [-0.2, -0.15) is 24.9 Å². The number of guanidine groups is 1. The minimum atomic E-state index is -4.36. The molecule has 4 nitrogen and oxygen atoms in total. The maximum absolute atomic E-state index is 12.4. The van der Waals surface area contributed by atoms with E-state index in [1.807, 2.05) is 31.7 Å². The van der Waals surface area contributed by atoms with Crippen molar-refractivity contribution in [3.63, 3.8) is 0 Å². The van der Waals surface area contributed by atoms with Gasteiger partial charge in [-0.3, -0.25) is 0 Å². The molecule has 0 fully saturated rings. The van der Waals surface area contributed by atoms with Gasteiger partial charge >= 0.3 is 6.18 Å². The van der Waals surface area contributed by atoms with Crippen LogP contribution in [0.4, 0.5) is 13.2 Å². The van der Waals surface area contributed by atoms with Gasteiger partial charge in [0.2, 0.25) is 0 Å². The van der Waals surface area contributed by atoms with Gasteiger partial charge in [-0.1, -0.05) is 12.1 Å². The first kappa shape index (κ1) is 22.5. The van der Waals surface area contributed by atoms with Gasteiger partial charge in [0, 0.05) is 18.7 Å². The lowest BCUT2D eigenvalue weighted by atomic mass is 10.1. The number of benzene rings is 1. The molecule has 0 spiro atoms. The maximum atomic E-state index is 12.4. The van der Waals surface area contributed by atoms with Crippen molar-refractivity contribution in [3.05, 3.63) is 29.3 Å². The SMILES string of the molecule is CCNC(=NCc1ccc(C)cc1OCC(F)(F)F)NCCCCSC. The van der Waals surface area contributed by atoms with Gasteiger partial charge in [0.05, 0.1) is 6.54 Å². The summed E-state index contributed by atoms with van der Waals surface area (Å²) in [6.45, 7) is 4.23. The van der Waals surface area contributed by atoms with Crippen LogP contribution >= 0.6 is 11.8 Å². The fraction of sp³-hybridized carbons (Fsp3) is 0.611. The van der Waals surface area contributed by atoms with Crippen LogP contribution in [0.5, 0.6) is 5.75 Å². The predicted octanol–water partition coefficient (Wildman–Crippen LogP) is 4.13. The number of nitrogens with zero attached hydrogens (tertiary/aromatic N) is 1. The van der Waals surface area contributed by atoms with E-state index in [1.54, 1.807) is 12.1 Å². The van der Waals surface area contributed by atoms with E-state index in [2.05, 4.69) is 21.9 Å². The van der Waals surface area contributed by atoms with Crippen LogP contribution in [0.15, 0.2) is 23.2 Å². The summed E-state index contributed by atoms with van der Waals surface area (Å²) in [4.78, 5) is 4.46. The summed E-state index contributed by atoms with van der Waals surface area (Å²) in [6.07, 6.45) is -0.118. The van der Waals surface area contributed by atoms with Crippen LogP contribution in [0, 0.1) is 6.92 Å². The van der Waals surface area contributed by atoms with Gasteiger partial charge in [0.1, 0.15) is 5.75 Å². The predicted molar refractivity (Wildman–Crippen MR) is 103 cm³/mol. The molecule has 1 rings (SSSR count). The standard InChI is InChI=1S/C18H28F3N3OS/c1-4-22-17(23-9-5-6-10-26-3)24-12-15-8-7-14(2)11-16(15)25-13-18(19,20)21/h7-8,11H,4-6,9-10,12-13H2,1-3H3,(H2,22,23,24). The highest BCUT2D eigenvalue weighted by Gasteiger charge is 2.28. The minimum Gasteiger partial charge on any atom is -0.484 e. The highest BCUT2D eigenvalue weighted by atomic mass is 32.2. The Hall–Kier alpha value is -1.57. The molecule has 0 amide bonds. The molecule has 26 heavy (non-hydrogen) atoms. The third-order valence-corrected chi connectivity index (χ3v) is 4.13. The van der Waals surface area contributed by atoms with E-state index in [0.29, 0.717) is 18.1 Å². The second kappa shape index (κ2) is 11.9. The summed E-state index contributed by atoms with van der Waals surface area (Å²) in [5.41, 5.74) is 1.47. The average Bonchev–Trinajstić information content (AvgIpc) is 2.58. The lowest BCUT2D eigenvalue weighted by Crippen LogP contribution is -2.37. The minimum absolute atomic E-state index is 0.224. The van der Waals surface area contributed by atoms with E-state index in [9.17, 15) is 13.2 Å². The zero-order valence-electron chi connectivity index (χ0n) is 15.6. The molecule has 0 atom stereocenters. The van der Waals surface area contributed by atoms with Crippen molar-refractivity contribution in [2.24, 2.45) is 4.99 Å². The van der Waals surface area contributed by atoms with Crippen LogP contribution in [-0.2, 0) is 6.54 Å². The van der Waals surface area contributed by atoms with Crippen molar-refractivity contribution in [1.29, 1.82) is 0 Å². The summed E-state index contributed by atoms with van der Waals surface area (Å²) in [6, 6.07) is 5.21. The molecule has 1 aromatic rings. The first-order valence-electron chi connectivity index (χ1n) is 8.66. The molecule has 1 aromatic carbocycles. The van der Waals surface area contributed by atoms with Crippen molar-refractivity contribution >= 4 is 17.7 Å². The molecule has 0 heterocycles. The molecular weight excluding hydrogens is 363 g/mol. The number of aryl methyl sites for hydroxylation is 1. The maximum Gasteiger partial charge on any atom is 0.422 e. The van der Waals surface area contributed by atoms with Crippen molar-refractivity contribution in [2.75, 3.05) is 31.7 Å². The number of rotatable bonds is 10. The van der Waals surface area contributed by atoms with E-state index >= 15 is 0 Å². The number of hydrogen-bond donors (Lipinski definition) is 2. The summed E-state index contributed by atoms with van der Waals surface area (Å²) < 4.78 is 42.3. The molecule has 0 radical (unpaired) electrons. The zero-order valence-corrected chi connectivity index (χ0v) is 16.4. The van der Waals surface area contributed by atoms with E-state index < -0.39 is 12.8 Å². The molecule has 148 valence electrons. The van der Waals surface area contributed by atoms with E-state index in [0.717, 1.165) is 30.7 Å². The third kappa shape index (κ3) is 9.79. The summed E-state index contributed by atoms with van der Waals surface area (Å²) in [5, 5.41) is 6.39. The number of thioether (sulfide) groups is 1. The monoisotopic (exact) mass is 391 g/mol. The Morgan fingerprint density at radius 1 is 1.23 bits per heavy atom. The molecule has 0 aliphatic carbocycles. The molecular formula is C18H28F3N3OS. The second-order valence-corrected chi connectivity index (χ2v) is 6.82. The van der Waals surface area contributed by atoms with Crippen LogP contribution in [0.3, 0.4) is 0 Å². The largest absolute Gasteiger partial charge is 0.484 e. The van der Waals surface area contributed by atoms with Crippen LogP contribution in [0.25, 0.3) is 0 Å². The average molecular weight is 392 g/mol. The third-order valence-electron chi connectivity index (χ3n) is 3.43. The van der Waals surface area contributed by atoms with Crippen LogP contribution in [0.1, 0.15) is 30.9 Å². The molecule has 0 unspecified atom stereocenters. The first-order valence-corrected chi connectivity index (χ1v) is 10.0. The van der Waals surface area contributed by atoms with Crippen molar-refractivity contribution in [1.82, 2.24) is 10.6 Å². The van der Waals surface area contributed by atoms with Gasteiger partial charge in [0.15, 0.2) is 12.6 Å². The zero-order chi connectivity index (χ0) is 19.4. The van der Waals surface area contributed by atoms with Crippen molar-refractivity contribution < 1.29 is 17.9 Å². The molecule has 0 aliphatic rings. The number of hydrogen-bond acceptors (Lipinski definition) is 3. The van der Waals surface area contributed by atoms with Crippen molar-refractivity contribution in [3.8, 4) is 5.75 Å². The topological polar surface area (TPSA) is 45.7 Å². The Morgan fingerprint density at radius 2 is 2.00 bits per heavy atom. The number of aliphatic imine (C=N–C) groups is 1. The van der Waals surface area contributed by atoms with Gasteiger partial charge < -0.3 is 15.4 Å². The smallest absolute Gasteiger partial charge is 0.422 e. The van der Waals surface area contributed by atoms with Gasteiger partial charge in [-0.05, 0) is 50.3 Å². The normalized spacial score (nSPS) is 12.2. The number of nitrogens with one attached hydrogen (secondary N) is 2. The Labute approximate surface area is 158 Å². The van der Waals surface area contributed by atoms with E-state index in [4.69, 9.17) is 4.74 Å². The fourth-order valence-electron chi connectivity index (χ4n) is 2.17. The van der Waals surface area contributed by atoms with Crippen LogP contribution in [-0.4, -0.2) is 43.8 Å². The quantitative estimate of drug-likeness (QED) is 0.358. The van der Waals surface area contributed by atoms with Crippen LogP contribution < -0.4 is 15.4 Å². The number of ether oxygens (including phenoxy) is 1. The number of unbranched alkanes of at least 4 members (excludes halogenated alkanes) is 1. The molecule has 2 N–H and O–H groups in total. The van der Waals surface area contributed by atoms with Gasteiger partial charge in [-0.25, -0.2) is 4.99 Å². The lowest BCUT2D eigenvalue weighted by Gasteiger charge is -2.14. The Kier molecular flexibility index (Phi) is 10.3. The van der Waals surface area contributed by atoms with E-state index in [-0.39, 0.29) is 12.3 Å². The first-order chi connectivity index (χ1) is 12.4. The fourth-order valence-corrected chi connectivity index (χ4v) is 2.66. The van der Waals surface area contributed by atoms with E-state index in [1.165, 1.54) is 0 Å². The molecule has 0 aliphatic heterocycles. The van der Waals surface area contributed by atoms with Crippen molar-refractivity contribution in [2.45, 2.75) is 39.4 Å². The lowest BCUT2D eigenvalue weighted by molar-refractivity contribution is -0.153. The Bertz CT molecular complexity index is 565. The van der Waals surface area contributed by atoms with Crippen LogP contribution in [0.2, 0.25) is 0 Å². The number of halogens is 3. The molecule has 0 saturated carbocycles. The second-order valence-electron chi connectivity index (χ2n) is 5.84. The summed E-state index contributed by atoms with van der Waals surface area (Å²) in [5.74, 6) is 2.00. The Morgan fingerprint density at radius 3 is 2.65 bits per heavy atom. The van der Waals surface area contributed by atoms with Gasteiger partial charge in [-0.15, -0.1) is 0 Å². The molecule has 0 aromatic heterocycles. The summed E-state index contributed by atoms with van der Waals surface area (Å²) >= 11 is 1.82. The highest BCUT2D eigenvalue weighted by molar-refractivity contribution is 7.98. The highest BCUT2D eigenvalue weighted by Crippen LogP contribution is 2.24. The van der Waals surface area contributed by atoms with Gasteiger partial charge in [0.25, 0.3) is 0 Å². The molecule has 8 heteroatoms.